The fraction of sp³-hybridized carbons (Fsp3) is 0.433. The maximum Gasteiger partial charge on any atom is 0.337 e. The molecule has 0 bridgehead atoms. The van der Waals surface area contributed by atoms with Crippen molar-refractivity contribution in [1.29, 1.82) is 0 Å². The molecule has 0 atom stereocenters. The molecule has 2 aromatic carbocycles. The third-order valence-corrected chi connectivity index (χ3v) is 7.23. The summed E-state index contributed by atoms with van der Waals surface area (Å²) in [6, 6.07) is 11.9. The highest BCUT2D eigenvalue weighted by molar-refractivity contribution is 9.10. The van der Waals surface area contributed by atoms with Crippen LogP contribution in [0.1, 0.15) is 66.8 Å². The quantitative estimate of drug-likeness (QED) is 0.175. The number of aromatic amines is 1. The lowest BCUT2D eigenvalue weighted by Gasteiger charge is -2.26. The fourth-order valence-electron chi connectivity index (χ4n) is 5.09. The molecule has 4 aromatic rings. The summed E-state index contributed by atoms with van der Waals surface area (Å²) in [5.41, 5.74) is 4.46. The van der Waals surface area contributed by atoms with Crippen molar-refractivity contribution in [3.8, 4) is 0 Å². The predicted octanol–water partition coefficient (Wildman–Crippen LogP) is 6.87. The van der Waals surface area contributed by atoms with Crippen LogP contribution in [-0.2, 0) is 11.2 Å². The van der Waals surface area contributed by atoms with Crippen molar-refractivity contribution in [3.63, 3.8) is 0 Å². The number of benzene rings is 2. The summed E-state index contributed by atoms with van der Waals surface area (Å²) in [7, 11) is 1.39. The molecule has 0 saturated carbocycles. The number of likely N-dealkylation sites (tertiary alicyclic amines) is 1. The third kappa shape index (κ3) is 6.72. The molecule has 1 aliphatic rings. The van der Waals surface area contributed by atoms with Crippen LogP contribution >= 0.6 is 15.9 Å². The number of methoxy groups -OCH3 is 1. The number of hydrogen-bond donors (Lipinski definition) is 2. The van der Waals surface area contributed by atoms with Crippen LogP contribution in [0.3, 0.4) is 0 Å². The Morgan fingerprint density at radius 2 is 1.89 bits per heavy atom. The second-order valence-corrected chi connectivity index (χ2v) is 10.5. The highest BCUT2D eigenvalue weighted by Gasteiger charge is 2.17. The lowest BCUT2D eigenvalue weighted by atomic mass is 10.1. The van der Waals surface area contributed by atoms with Gasteiger partial charge in [0.2, 0.25) is 0 Å². The Morgan fingerprint density at radius 1 is 1.11 bits per heavy atom. The number of aryl methyl sites for hydroxylation is 1. The second-order valence-electron chi connectivity index (χ2n) is 9.59. The normalized spacial score (nSPS) is 13.8. The molecule has 1 aliphatic heterocycles. The molecule has 0 aliphatic carbocycles. The van der Waals surface area contributed by atoms with E-state index in [1.165, 1.54) is 45.0 Å². The number of piperidine rings is 1. The number of halogens is 1. The Labute approximate surface area is 233 Å². The standard InChI is InChI=1S/C28H32BrN5O2.C2H6/c1-18-13-19(15-21(29)14-18)16-24-32-26(30-9-6-12-34-10-4-3-5-11-34)25-22-8-7-20(28(35)36-2)17-23(22)31-27(25)33-24;1-2/h7-8,13-15,17H,3-6,9-12,16H2,1-2H3,(H2,30,31,32,33);1-2H3. The van der Waals surface area contributed by atoms with Gasteiger partial charge in [-0.15, -0.1) is 0 Å². The van der Waals surface area contributed by atoms with Crippen molar-refractivity contribution in [3.05, 3.63) is 63.4 Å². The van der Waals surface area contributed by atoms with E-state index in [2.05, 4.69) is 56.3 Å². The molecule has 1 fully saturated rings. The first-order valence-electron chi connectivity index (χ1n) is 13.6. The number of fused-ring (bicyclic) bond motifs is 3. The molecule has 38 heavy (non-hydrogen) atoms. The third-order valence-electron chi connectivity index (χ3n) is 6.77. The van der Waals surface area contributed by atoms with Gasteiger partial charge in [-0.1, -0.05) is 48.3 Å². The van der Waals surface area contributed by atoms with Gasteiger partial charge in [-0.3, -0.25) is 0 Å². The summed E-state index contributed by atoms with van der Waals surface area (Å²) < 4.78 is 5.95. The zero-order valence-corrected chi connectivity index (χ0v) is 24.5. The minimum atomic E-state index is -0.358. The lowest BCUT2D eigenvalue weighted by molar-refractivity contribution is 0.0601. The number of rotatable bonds is 8. The van der Waals surface area contributed by atoms with Crippen molar-refractivity contribution < 1.29 is 9.53 Å². The number of carbonyl (C=O) groups excluding carboxylic acids is 1. The summed E-state index contributed by atoms with van der Waals surface area (Å²) in [6.07, 6.45) is 5.65. The van der Waals surface area contributed by atoms with Crippen LogP contribution in [0.25, 0.3) is 21.9 Å². The van der Waals surface area contributed by atoms with E-state index < -0.39 is 0 Å². The van der Waals surface area contributed by atoms with Crippen LogP contribution in [0.5, 0.6) is 0 Å². The largest absolute Gasteiger partial charge is 0.465 e. The van der Waals surface area contributed by atoms with Gasteiger partial charge in [0.05, 0.1) is 18.1 Å². The molecule has 1 saturated heterocycles. The molecule has 8 heteroatoms. The minimum Gasteiger partial charge on any atom is -0.465 e. The van der Waals surface area contributed by atoms with Gasteiger partial charge in [0.15, 0.2) is 0 Å². The lowest BCUT2D eigenvalue weighted by Crippen LogP contribution is -2.31. The van der Waals surface area contributed by atoms with Crippen molar-refractivity contribution >= 4 is 49.7 Å². The van der Waals surface area contributed by atoms with Crippen LogP contribution in [0.2, 0.25) is 0 Å². The summed E-state index contributed by atoms with van der Waals surface area (Å²) >= 11 is 3.60. The van der Waals surface area contributed by atoms with Gasteiger partial charge in [-0.2, -0.15) is 0 Å². The Kier molecular flexibility index (Phi) is 9.74. The smallest absolute Gasteiger partial charge is 0.337 e. The van der Waals surface area contributed by atoms with Crippen LogP contribution < -0.4 is 5.32 Å². The van der Waals surface area contributed by atoms with Gasteiger partial charge in [-0.05, 0) is 81.2 Å². The molecular weight excluding hydrogens is 542 g/mol. The average Bonchev–Trinajstić information content (AvgIpc) is 3.29. The van der Waals surface area contributed by atoms with E-state index in [0.29, 0.717) is 12.0 Å². The van der Waals surface area contributed by atoms with Crippen LogP contribution in [0.15, 0.2) is 40.9 Å². The Balaban J connectivity index is 0.00000164. The number of hydrogen-bond acceptors (Lipinski definition) is 6. The van der Waals surface area contributed by atoms with Crippen molar-refractivity contribution in [1.82, 2.24) is 19.9 Å². The molecule has 0 amide bonds. The monoisotopic (exact) mass is 579 g/mol. The minimum absolute atomic E-state index is 0.358. The first-order chi connectivity index (χ1) is 18.5. The Morgan fingerprint density at radius 3 is 2.63 bits per heavy atom. The number of nitrogens with zero attached hydrogens (tertiary/aromatic N) is 3. The highest BCUT2D eigenvalue weighted by atomic mass is 79.9. The number of nitrogens with one attached hydrogen (secondary N) is 2. The zero-order chi connectivity index (χ0) is 27.1. The van der Waals surface area contributed by atoms with Gasteiger partial charge >= 0.3 is 5.97 Å². The number of esters is 1. The van der Waals surface area contributed by atoms with E-state index in [1.54, 1.807) is 6.07 Å². The zero-order valence-electron chi connectivity index (χ0n) is 22.9. The van der Waals surface area contributed by atoms with E-state index in [1.807, 2.05) is 26.0 Å². The molecule has 3 heterocycles. The van der Waals surface area contributed by atoms with Crippen LogP contribution in [0.4, 0.5) is 5.82 Å². The summed E-state index contributed by atoms with van der Waals surface area (Å²) in [5, 5.41) is 5.54. The van der Waals surface area contributed by atoms with Gasteiger partial charge in [-0.25, -0.2) is 14.8 Å². The summed E-state index contributed by atoms with van der Waals surface area (Å²) in [5.74, 6) is 1.22. The average molecular weight is 581 g/mol. The Hall–Kier alpha value is -2.97. The molecular formula is C30H38BrN5O2. The van der Waals surface area contributed by atoms with Gasteiger partial charge < -0.3 is 19.9 Å². The van der Waals surface area contributed by atoms with Gasteiger partial charge in [0.1, 0.15) is 17.3 Å². The van der Waals surface area contributed by atoms with E-state index >= 15 is 0 Å². The molecule has 7 nitrogen and oxygen atoms in total. The fourth-order valence-corrected chi connectivity index (χ4v) is 5.74. The van der Waals surface area contributed by atoms with Gasteiger partial charge in [0.25, 0.3) is 0 Å². The highest BCUT2D eigenvalue weighted by Crippen LogP contribution is 2.31. The van der Waals surface area contributed by atoms with Crippen LogP contribution in [0, 0.1) is 6.92 Å². The first-order valence-corrected chi connectivity index (χ1v) is 14.4. The summed E-state index contributed by atoms with van der Waals surface area (Å²) in [6.45, 7) is 10.4. The van der Waals surface area contributed by atoms with Crippen molar-refractivity contribution in [2.75, 3.05) is 38.6 Å². The molecule has 0 unspecified atom stereocenters. The summed E-state index contributed by atoms with van der Waals surface area (Å²) in [4.78, 5) is 27.9. The molecule has 202 valence electrons. The molecule has 0 radical (unpaired) electrons. The first kappa shape index (κ1) is 28.0. The number of carbonyl (C=O) groups is 1. The van der Waals surface area contributed by atoms with E-state index in [9.17, 15) is 4.79 Å². The number of anilines is 1. The predicted molar refractivity (Wildman–Crippen MR) is 159 cm³/mol. The molecule has 5 rings (SSSR count). The Bertz CT molecular complexity index is 1370. The second kappa shape index (κ2) is 13.2. The van der Waals surface area contributed by atoms with E-state index in [0.717, 1.165) is 63.1 Å². The van der Waals surface area contributed by atoms with E-state index in [4.69, 9.17) is 14.7 Å². The van der Waals surface area contributed by atoms with Crippen molar-refractivity contribution in [2.45, 2.75) is 52.9 Å². The molecule has 0 spiro atoms. The molecule has 2 N–H and O–H groups in total. The number of H-pyrrole nitrogens is 1. The van der Waals surface area contributed by atoms with Crippen molar-refractivity contribution in [2.24, 2.45) is 0 Å². The van der Waals surface area contributed by atoms with Crippen LogP contribution in [-0.4, -0.2) is 59.1 Å². The van der Waals surface area contributed by atoms with Gasteiger partial charge in [0, 0.05) is 28.3 Å². The topological polar surface area (TPSA) is 83.1 Å². The maximum absolute atomic E-state index is 12.1. The number of aromatic nitrogens is 3. The maximum atomic E-state index is 12.1. The van der Waals surface area contributed by atoms with E-state index in [-0.39, 0.29) is 5.97 Å². The number of ether oxygens (including phenoxy) is 1. The molecule has 2 aromatic heterocycles. The SMILES string of the molecule is CC.COC(=O)c1ccc2c(c1)[nH]c1nc(Cc3cc(C)cc(Br)c3)nc(NCCCN3CCCCC3)c12.